The summed E-state index contributed by atoms with van der Waals surface area (Å²) in [5, 5.41) is 8.10. The van der Waals surface area contributed by atoms with E-state index in [0.29, 0.717) is 0 Å². The third kappa shape index (κ3) is 5.64. The van der Waals surface area contributed by atoms with Gasteiger partial charge in [-0.25, -0.2) is 0 Å². The first-order valence-corrected chi connectivity index (χ1v) is 4.79. The zero-order valence-corrected chi connectivity index (χ0v) is 7.56. The first-order valence-electron chi connectivity index (χ1n) is 3.06. The Kier molecular flexibility index (Phi) is 4.40. The van der Waals surface area contributed by atoms with Gasteiger partial charge in [0.1, 0.15) is 6.16 Å². The number of halogens is 3. The Morgan fingerprint density at radius 2 is 2.08 bits per heavy atom. The molecular weight excluding hydrogens is 210 g/mol. The van der Waals surface area contributed by atoms with Gasteiger partial charge in [-0.2, -0.15) is 18.4 Å². The number of hydrogen-bond donors (Lipinski definition) is 0. The Bertz CT molecular complexity index is 246. The summed E-state index contributed by atoms with van der Waals surface area (Å²) in [4.78, 5) is 0. The number of alkyl halides is 3. The van der Waals surface area contributed by atoms with E-state index in [1.807, 2.05) is 0 Å². The van der Waals surface area contributed by atoms with Crippen LogP contribution in [0.1, 0.15) is 0 Å². The molecule has 0 fully saturated rings. The second-order valence-electron chi connectivity index (χ2n) is 2.00. The van der Waals surface area contributed by atoms with Gasteiger partial charge in [-0.3, -0.25) is 9.09 Å². The van der Waals surface area contributed by atoms with Gasteiger partial charge in [-0.1, -0.05) is 0 Å². The minimum Gasteiger partial charge on any atom is -0.311 e. The van der Waals surface area contributed by atoms with Crippen molar-refractivity contribution < 1.29 is 26.8 Å². The highest BCUT2D eigenvalue weighted by molar-refractivity contribution is 7.54. The van der Waals surface area contributed by atoms with Crippen LogP contribution < -0.4 is 0 Å². The lowest BCUT2D eigenvalue weighted by Crippen LogP contribution is -2.16. The summed E-state index contributed by atoms with van der Waals surface area (Å²) in [6.07, 6.45) is -5.27. The zero-order valence-electron chi connectivity index (χ0n) is 6.67. The van der Waals surface area contributed by atoms with Gasteiger partial charge in [0.25, 0.3) is 0 Å². The predicted molar refractivity (Wildman–Crippen MR) is 37.1 cm³/mol. The Balaban J connectivity index is 4.16. The Morgan fingerprint density at radius 1 is 1.54 bits per heavy atom. The molecule has 0 aliphatic rings. The van der Waals surface area contributed by atoms with Crippen molar-refractivity contribution in [3.63, 3.8) is 0 Å². The van der Waals surface area contributed by atoms with Crippen LogP contribution in [-0.2, 0) is 13.6 Å². The van der Waals surface area contributed by atoms with Crippen LogP contribution in [0.25, 0.3) is 0 Å². The molecule has 1 atom stereocenters. The van der Waals surface area contributed by atoms with Gasteiger partial charge in [0.05, 0.1) is 6.07 Å². The van der Waals surface area contributed by atoms with E-state index in [0.717, 1.165) is 7.11 Å². The summed E-state index contributed by atoms with van der Waals surface area (Å²) in [5.74, 6) is 0. The zero-order chi connectivity index (χ0) is 10.5. The maximum absolute atomic E-state index is 11.6. The van der Waals surface area contributed by atoms with Crippen molar-refractivity contribution in [2.75, 3.05) is 19.9 Å². The number of rotatable bonds is 4. The molecule has 0 aromatic rings. The molecule has 4 nitrogen and oxygen atoms in total. The maximum atomic E-state index is 11.6. The third-order valence-electron chi connectivity index (χ3n) is 0.967. The molecule has 0 radical (unpaired) electrons. The van der Waals surface area contributed by atoms with Crippen LogP contribution in [0.15, 0.2) is 0 Å². The van der Waals surface area contributed by atoms with E-state index >= 15 is 0 Å². The summed E-state index contributed by atoms with van der Waals surface area (Å²) in [7, 11) is -2.95. The molecule has 0 spiro atoms. The number of nitrogens with zero attached hydrogens (tertiary/aromatic N) is 1. The van der Waals surface area contributed by atoms with Crippen molar-refractivity contribution in [1.82, 2.24) is 0 Å². The van der Waals surface area contributed by atoms with E-state index in [1.165, 1.54) is 6.07 Å². The SMILES string of the molecule is COP(=O)(CC#N)OCC(F)(F)F. The highest BCUT2D eigenvalue weighted by Gasteiger charge is 2.33. The van der Waals surface area contributed by atoms with Gasteiger partial charge < -0.3 is 4.52 Å². The third-order valence-corrected chi connectivity index (χ3v) is 2.57. The quantitative estimate of drug-likeness (QED) is 0.675. The summed E-state index contributed by atoms with van der Waals surface area (Å²) in [6, 6.07) is 1.42. The lowest BCUT2D eigenvalue weighted by atomic mass is 10.7. The fraction of sp³-hybridized carbons (Fsp3) is 0.800. The first-order chi connectivity index (χ1) is 5.83. The Hall–Kier alpha value is -0.570. The molecule has 0 rings (SSSR count). The number of nitriles is 1. The average Bonchev–Trinajstić information content (AvgIpc) is 2.01. The minimum atomic E-state index is -4.58. The Labute approximate surface area is 72.8 Å². The smallest absolute Gasteiger partial charge is 0.311 e. The largest absolute Gasteiger partial charge is 0.412 e. The first kappa shape index (κ1) is 12.4. The minimum absolute atomic E-state index is 0.695. The lowest BCUT2D eigenvalue weighted by Gasteiger charge is -2.14. The maximum Gasteiger partial charge on any atom is 0.412 e. The predicted octanol–water partition coefficient (Wildman–Crippen LogP) is 1.93. The molecule has 0 aromatic carbocycles. The summed E-state index contributed by atoms with van der Waals surface area (Å²) < 4.78 is 53.9. The van der Waals surface area contributed by atoms with Crippen molar-refractivity contribution in [2.45, 2.75) is 6.18 Å². The fourth-order valence-corrected chi connectivity index (χ4v) is 1.26. The van der Waals surface area contributed by atoms with Gasteiger partial charge in [0.15, 0.2) is 6.61 Å². The molecule has 76 valence electrons. The van der Waals surface area contributed by atoms with Crippen LogP contribution in [-0.4, -0.2) is 26.1 Å². The van der Waals surface area contributed by atoms with Crippen molar-refractivity contribution in [1.29, 1.82) is 5.26 Å². The van der Waals surface area contributed by atoms with E-state index in [4.69, 9.17) is 5.26 Å². The van der Waals surface area contributed by atoms with Crippen LogP contribution >= 0.6 is 7.60 Å². The van der Waals surface area contributed by atoms with Crippen LogP contribution in [0.5, 0.6) is 0 Å². The second kappa shape index (κ2) is 4.61. The highest BCUT2D eigenvalue weighted by Crippen LogP contribution is 2.47. The Morgan fingerprint density at radius 3 is 2.38 bits per heavy atom. The molecule has 0 heterocycles. The molecule has 0 N–H and O–H groups in total. The van der Waals surface area contributed by atoms with Crippen molar-refractivity contribution in [2.24, 2.45) is 0 Å². The lowest BCUT2D eigenvalue weighted by molar-refractivity contribution is -0.155. The highest BCUT2D eigenvalue weighted by atomic mass is 31.2. The molecule has 0 aromatic heterocycles. The number of hydrogen-bond acceptors (Lipinski definition) is 4. The molecule has 1 unspecified atom stereocenters. The van der Waals surface area contributed by atoms with E-state index in [9.17, 15) is 17.7 Å². The van der Waals surface area contributed by atoms with Crippen molar-refractivity contribution in [3.05, 3.63) is 0 Å². The van der Waals surface area contributed by atoms with Crippen LogP contribution in [0.3, 0.4) is 0 Å². The standard InChI is InChI=1S/C5H7F3NO3P/c1-11-13(10,3-2-9)12-4-5(6,7)8/h3-4H2,1H3. The molecule has 13 heavy (non-hydrogen) atoms. The molecule has 0 bridgehead atoms. The van der Waals surface area contributed by atoms with E-state index in [-0.39, 0.29) is 0 Å². The summed E-state index contributed by atoms with van der Waals surface area (Å²) in [6.45, 7) is -1.68. The molecule has 0 amide bonds. The average molecular weight is 217 g/mol. The molecule has 0 saturated carbocycles. The van der Waals surface area contributed by atoms with E-state index < -0.39 is 26.5 Å². The van der Waals surface area contributed by atoms with Crippen molar-refractivity contribution in [3.8, 4) is 6.07 Å². The van der Waals surface area contributed by atoms with E-state index in [1.54, 1.807) is 0 Å². The van der Waals surface area contributed by atoms with Gasteiger partial charge in [0.2, 0.25) is 0 Å². The van der Waals surface area contributed by atoms with Crippen LogP contribution in [0.4, 0.5) is 13.2 Å². The molecular formula is C5H7F3NO3P. The second-order valence-corrected chi connectivity index (χ2v) is 4.16. The van der Waals surface area contributed by atoms with Gasteiger partial charge in [-0.15, -0.1) is 0 Å². The topological polar surface area (TPSA) is 59.3 Å². The fourth-order valence-electron chi connectivity index (χ4n) is 0.421. The molecule has 0 saturated heterocycles. The van der Waals surface area contributed by atoms with Crippen LogP contribution in [0.2, 0.25) is 0 Å². The molecule has 0 aliphatic carbocycles. The normalized spacial score (nSPS) is 16.2. The summed E-state index contributed by atoms with van der Waals surface area (Å²) in [5.41, 5.74) is 0. The monoisotopic (exact) mass is 217 g/mol. The summed E-state index contributed by atoms with van der Waals surface area (Å²) >= 11 is 0. The van der Waals surface area contributed by atoms with Gasteiger partial charge >= 0.3 is 13.8 Å². The van der Waals surface area contributed by atoms with Crippen molar-refractivity contribution >= 4 is 7.60 Å². The van der Waals surface area contributed by atoms with E-state index in [2.05, 4.69) is 9.05 Å². The molecule has 8 heteroatoms. The molecule has 0 aliphatic heterocycles. The van der Waals surface area contributed by atoms with Crippen LogP contribution in [0, 0.1) is 11.3 Å². The van der Waals surface area contributed by atoms with Gasteiger partial charge in [0, 0.05) is 7.11 Å². The van der Waals surface area contributed by atoms with Gasteiger partial charge in [-0.05, 0) is 0 Å².